The first-order valence-corrected chi connectivity index (χ1v) is 8.22. The predicted molar refractivity (Wildman–Crippen MR) is 97.7 cm³/mol. The summed E-state index contributed by atoms with van der Waals surface area (Å²) in [7, 11) is 0. The van der Waals surface area contributed by atoms with Gasteiger partial charge in [0, 0.05) is 10.6 Å². The summed E-state index contributed by atoms with van der Waals surface area (Å²) in [6.45, 7) is 7.67. The van der Waals surface area contributed by atoms with Gasteiger partial charge in [0.25, 0.3) is 0 Å². The summed E-state index contributed by atoms with van der Waals surface area (Å²) in [6, 6.07) is 6.33. The van der Waals surface area contributed by atoms with Gasteiger partial charge in [0.05, 0.1) is 16.9 Å². The van der Waals surface area contributed by atoms with E-state index in [0.29, 0.717) is 10.8 Å². The minimum Gasteiger partial charge on any atom is -0.423 e. The zero-order chi connectivity index (χ0) is 17.5. The third kappa shape index (κ3) is 2.69. The number of benzene rings is 1. The first-order valence-electron chi connectivity index (χ1n) is 8.22. The Morgan fingerprint density at radius 2 is 2.00 bits per heavy atom. The molecule has 0 N–H and O–H groups in total. The van der Waals surface area contributed by atoms with E-state index in [1.54, 1.807) is 0 Å². The molecule has 1 aliphatic carbocycles. The largest absolute Gasteiger partial charge is 0.423 e. The molecule has 2 aromatic rings. The van der Waals surface area contributed by atoms with E-state index in [9.17, 15) is 10.1 Å². The Kier molecular flexibility index (Phi) is 3.93. The average molecular weight is 319 g/mol. The SMILES string of the molecule is C/C(=C/C(C)(C)C#N)c1c(C)ccc2c3c(oc(=O)c12)=CCCC=3. The summed E-state index contributed by atoms with van der Waals surface area (Å²) in [5.74, 6) is 0. The minimum absolute atomic E-state index is 0.309. The molecule has 3 nitrogen and oxygen atoms in total. The standard InChI is InChI=1S/C21H21NO2/c1-13-9-10-16-15-7-5-6-8-17(15)24-20(23)19(16)18(13)14(2)11-21(3,4)12-22/h7-11H,5-6H2,1-4H3/b14-11-. The number of rotatable bonds is 2. The number of aryl methyl sites for hydroxylation is 1. The van der Waals surface area contributed by atoms with Crippen molar-refractivity contribution in [2.45, 2.75) is 40.5 Å². The Morgan fingerprint density at radius 1 is 1.29 bits per heavy atom. The van der Waals surface area contributed by atoms with Crippen molar-refractivity contribution in [2.75, 3.05) is 0 Å². The van der Waals surface area contributed by atoms with Gasteiger partial charge in [-0.25, -0.2) is 4.79 Å². The Bertz CT molecular complexity index is 1080. The van der Waals surface area contributed by atoms with E-state index in [0.717, 1.165) is 40.1 Å². The van der Waals surface area contributed by atoms with Crippen LogP contribution in [0.2, 0.25) is 0 Å². The topological polar surface area (TPSA) is 54.0 Å². The summed E-state index contributed by atoms with van der Waals surface area (Å²) >= 11 is 0. The minimum atomic E-state index is -0.590. The molecule has 0 atom stereocenters. The van der Waals surface area contributed by atoms with Gasteiger partial charge in [-0.15, -0.1) is 0 Å². The molecule has 0 bridgehead atoms. The number of allylic oxidation sites excluding steroid dienone is 2. The van der Waals surface area contributed by atoms with Crippen LogP contribution in [0.4, 0.5) is 0 Å². The predicted octanol–water partition coefficient (Wildman–Crippen LogP) is 3.41. The first-order chi connectivity index (χ1) is 11.3. The zero-order valence-electron chi connectivity index (χ0n) is 14.6. The maximum atomic E-state index is 12.7. The number of nitrogens with zero attached hydrogens (tertiary/aromatic N) is 1. The molecule has 0 amide bonds. The van der Waals surface area contributed by atoms with Crippen molar-refractivity contribution in [3.05, 3.63) is 50.4 Å². The fourth-order valence-corrected chi connectivity index (χ4v) is 3.44. The highest BCUT2D eigenvalue weighted by Gasteiger charge is 2.18. The van der Waals surface area contributed by atoms with Crippen LogP contribution in [0.1, 0.15) is 44.7 Å². The molecule has 0 saturated heterocycles. The van der Waals surface area contributed by atoms with Crippen molar-refractivity contribution in [1.29, 1.82) is 5.26 Å². The van der Waals surface area contributed by atoms with Gasteiger partial charge in [-0.2, -0.15) is 5.26 Å². The summed E-state index contributed by atoms with van der Waals surface area (Å²) in [5.41, 5.74) is 2.59. The fraction of sp³-hybridized carbons (Fsp3) is 0.333. The van der Waals surface area contributed by atoms with E-state index < -0.39 is 5.41 Å². The number of fused-ring (bicyclic) bond motifs is 3. The Labute approximate surface area is 141 Å². The summed E-state index contributed by atoms with van der Waals surface area (Å²) in [5, 5.41) is 11.8. The fourth-order valence-electron chi connectivity index (χ4n) is 3.44. The highest BCUT2D eigenvalue weighted by atomic mass is 16.4. The van der Waals surface area contributed by atoms with Crippen molar-refractivity contribution in [2.24, 2.45) is 5.41 Å². The lowest BCUT2D eigenvalue weighted by Gasteiger charge is -2.15. The van der Waals surface area contributed by atoms with Crippen LogP contribution in [0.15, 0.2) is 27.4 Å². The molecule has 3 rings (SSSR count). The summed E-state index contributed by atoms with van der Waals surface area (Å²) < 4.78 is 5.58. The van der Waals surface area contributed by atoms with Crippen LogP contribution in [0.3, 0.4) is 0 Å². The van der Waals surface area contributed by atoms with Gasteiger partial charge in [0.2, 0.25) is 0 Å². The van der Waals surface area contributed by atoms with Crippen molar-refractivity contribution in [3.8, 4) is 6.07 Å². The van der Waals surface area contributed by atoms with Crippen LogP contribution < -0.4 is 16.3 Å². The van der Waals surface area contributed by atoms with Crippen molar-refractivity contribution in [3.63, 3.8) is 0 Å². The van der Waals surface area contributed by atoms with E-state index in [4.69, 9.17) is 4.42 Å². The van der Waals surface area contributed by atoms with Crippen molar-refractivity contribution in [1.82, 2.24) is 0 Å². The molecule has 0 aliphatic heterocycles. The molecule has 0 spiro atoms. The number of nitriles is 1. The summed E-state index contributed by atoms with van der Waals surface area (Å²) in [4.78, 5) is 12.7. The van der Waals surface area contributed by atoms with Gasteiger partial charge >= 0.3 is 5.63 Å². The molecule has 0 saturated carbocycles. The summed E-state index contributed by atoms with van der Waals surface area (Å²) in [6.07, 6.45) is 7.89. The van der Waals surface area contributed by atoms with Crippen LogP contribution in [0, 0.1) is 23.7 Å². The van der Waals surface area contributed by atoms with E-state index in [-0.39, 0.29) is 5.63 Å². The third-order valence-electron chi connectivity index (χ3n) is 4.48. The molecule has 1 aliphatic rings. The van der Waals surface area contributed by atoms with Crippen molar-refractivity contribution < 1.29 is 4.42 Å². The Balaban J connectivity index is 2.45. The highest BCUT2D eigenvalue weighted by Crippen LogP contribution is 2.29. The smallest absolute Gasteiger partial charge is 0.344 e. The highest BCUT2D eigenvalue weighted by molar-refractivity contribution is 5.94. The van der Waals surface area contributed by atoms with Crippen LogP contribution in [0.5, 0.6) is 0 Å². The lowest BCUT2D eigenvalue weighted by molar-refractivity contribution is 0.479. The lowest BCUT2D eigenvalue weighted by atomic mass is 9.88. The molecule has 0 radical (unpaired) electrons. The molecule has 1 aromatic heterocycles. The zero-order valence-corrected chi connectivity index (χ0v) is 14.6. The van der Waals surface area contributed by atoms with E-state index in [1.807, 2.05) is 52.0 Å². The molecular formula is C21H21NO2. The van der Waals surface area contributed by atoms with E-state index >= 15 is 0 Å². The van der Waals surface area contributed by atoms with Gasteiger partial charge < -0.3 is 4.42 Å². The van der Waals surface area contributed by atoms with Gasteiger partial charge in [0.15, 0.2) is 0 Å². The molecule has 24 heavy (non-hydrogen) atoms. The first kappa shape index (κ1) is 16.3. The molecule has 0 unspecified atom stereocenters. The number of hydrogen-bond acceptors (Lipinski definition) is 3. The number of hydrogen-bond donors (Lipinski definition) is 0. The maximum Gasteiger partial charge on any atom is 0.344 e. The molecular weight excluding hydrogens is 298 g/mol. The molecule has 1 heterocycles. The quantitative estimate of drug-likeness (QED) is 0.852. The van der Waals surface area contributed by atoms with Gasteiger partial charge in [-0.05, 0) is 63.3 Å². The molecule has 1 aromatic carbocycles. The van der Waals surface area contributed by atoms with Gasteiger partial charge in [0.1, 0.15) is 5.42 Å². The molecule has 122 valence electrons. The second-order valence-electron chi connectivity index (χ2n) is 6.99. The van der Waals surface area contributed by atoms with Crippen LogP contribution in [0.25, 0.3) is 28.5 Å². The van der Waals surface area contributed by atoms with E-state index in [2.05, 4.69) is 12.1 Å². The van der Waals surface area contributed by atoms with Crippen LogP contribution in [-0.2, 0) is 0 Å². The average Bonchev–Trinajstić information content (AvgIpc) is 2.54. The Morgan fingerprint density at radius 3 is 2.71 bits per heavy atom. The lowest BCUT2D eigenvalue weighted by Crippen LogP contribution is -2.32. The second-order valence-corrected chi connectivity index (χ2v) is 6.99. The monoisotopic (exact) mass is 319 g/mol. The van der Waals surface area contributed by atoms with Gasteiger partial charge in [-0.1, -0.05) is 24.3 Å². The van der Waals surface area contributed by atoms with Crippen molar-refractivity contribution >= 4 is 28.5 Å². The second kappa shape index (κ2) is 5.79. The normalized spacial score (nSPS) is 14.5. The van der Waals surface area contributed by atoms with Gasteiger partial charge in [-0.3, -0.25) is 0 Å². The molecule has 0 fully saturated rings. The van der Waals surface area contributed by atoms with Crippen LogP contribution in [-0.4, -0.2) is 0 Å². The maximum absolute atomic E-state index is 12.7. The van der Waals surface area contributed by atoms with E-state index in [1.165, 1.54) is 0 Å². The Hall–Kier alpha value is -2.60. The third-order valence-corrected chi connectivity index (χ3v) is 4.48. The van der Waals surface area contributed by atoms with Crippen LogP contribution >= 0.6 is 0 Å². The molecule has 3 heteroatoms.